The van der Waals surface area contributed by atoms with Crippen LogP contribution < -0.4 is 5.32 Å². The molecule has 2 atom stereocenters. The molecule has 0 aliphatic carbocycles. The number of aryl methyl sites for hydroxylation is 1. The van der Waals surface area contributed by atoms with E-state index >= 15 is 0 Å². The highest BCUT2D eigenvalue weighted by Crippen LogP contribution is 2.22. The second-order valence-corrected chi connectivity index (χ2v) is 6.59. The molecule has 0 radical (unpaired) electrons. The number of nitrogens with one attached hydrogen (secondary N) is 1. The lowest BCUT2D eigenvalue weighted by Gasteiger charge is -2.24. The fraction of sp³-hybridized carbons (Fsp3) is 0.500. The van der Waals surface area contributed by atoms with E-state index in [-0.39, 0.29) is 23.8 Å². The van der Waals surface area contributed by atoms with Gasteiger partial charge < -0.3 is 10.1 Å². The molecule has 0 saturated heterocycles. The van der Waals surface area contributed by atoms with Crippen molar-refractivity contribution < 1.29 is 9.53 Å². The van der Waals surface area contributed by atoms with E-state index in [9.17, 15) is 4.79 Å². The molecular formula is C18H24N4O2. The lowest BCUT2D eigenvalue weighted by atomic mass is 9.89. The van der Waals surface area contributed by atoms with Crippen LogP contribution in [0.4, 0.5) is 0 Å². The van der Waals surface area contributed by atoms with Crippen molar-refractivity contribution in [1.82, 2.24) is 20.3 Å². The summed E-state index contributed by atoms with van der Waals surface area (Å²) in [6.45, 7) is 4.93. The van der Waals surface area contributed by atoms with Crippen LogP contribution in [0.1, 0.15) is 37.6 Å². The predicted octanol–water partition coefficient (Wildman–Crippen LogP) is 2.33. The Hall–Kier alpha value is -2.21. The maximum absolute atomic E-state index is 12.8. The molecule has 1 aromatic carbocycles. The number of benzene rings is 1. The third-order valence-electron chi connectivity index (χ3n) is 4.57. The Labute approximate surface area is 142 Å². The third kappa shape index (κ3) is 3.82. The molecule has 128 valence electrons. The van der Waals surface area contributed by atoms with Gasteiger partial charge in [-0.15, -0.1) is 5.10 Å². The van der Waals surface area contributed by atoms with Crippen molar-refractivity contribution >= 4 is 5.91 Å². The number of hydrogen-bond acceptors (Lipinski definition) is 4. The Morgan fingerprint density at radius 3 is 2.83 bits per heavy atom. The molecule has 0 spiro atoms. The van der Waals surface area contributed by atoms with Gasteiger partial charge in [0.1, 0.15) is 6.73 Å². The normalized spacial score (nSPS) is 22.5. The van der Waals surface area contributed by atoms with Crippen molar-refractivity contribution in [3.8, 4) is 0 Å². The third-order valence-corrected chi connectivity index (χ3v) is 4.57. The van der Waals surface area contributed by atoms with E-state index in [1.54, 1.807) is 10.9 Å². The van der Waals surface area contributed by atoms with Gasteiger partial charge in [0, 0.05) is 5.92 Å². The fourth-order valence-corrected chi connectivity index (χ4v) is 3.09. The van der Waals surface area contributed by atoms with E-state index in [2.05, 4.69) is 29.5 Å². The molecule has 0 bridgehead atoms. The first-order valence-electron chi connectivity index (χ1n) is 8.45. The molecule has 0 unspecified atom stereocenters. The Kier molecular flexibility index (Phi) is 5.25. The van der Waals surface area contributed by atoms with Gasteiger partial charge in [0.15, 0.2) is 0 Å². The van der Waals surface area contributed by atoms with E-state index < -0.39 is 0 Å². The van der Waals surface area contributed by atoms with Gasteiger partial charge in [-0.3, -0.25) is 4.79 Å². The number of nitrogens with zero attached hydrogens (tertiary/aromatic N) is 3. The summed E-state index contributed by atoms with van der Waals surface area (Å²) in [5, 5.41) is 11.2. The number of hydrogen-bond donors (Lipinski definition) is 1. The molecule has 1 aliphatic heterocycles. The van der Waals surface area contributed by atoms with Gasteiger partial charge in [-0.05, 0) is 24.3 Å². The van der Waals surface area contributed by atoms with Crippen molar-refractivity contribution in [2.45, 2.75) is 39.5 Å². The van der Waals surface area contributed by atoms with E-state index in [1.807, 2.05) is 30.3 Å². The standard InChI is InChI=1S/C18H24N4O2/c1-13(2)16-9-8-15-10-19-21-22(15)12-24-11-17(20-18(16)23)14-6-4-3-5-7-14/h3-7,10,13,16-17H,8-9,11-12H2,1-2H3,(H,20,23)/t16-,17-/m1/s1. The first-order valence-corrected chi connectivity index (χ1v) is 8.45. The van der Waals surface area contributed by atoms with Gasteiger partial charge in [0.25, 0.3) is 0 Å². The minimum absolute atomic E-state index is 0.0438. The van der Waals surface area contributed by atoms with Crippen molar-refractivity contribution in [2.24, 2.45) is 11.8 Å². The molecule has 1 aromatic heterocycles. The minimum Gasteiger partial charge on any atom is -0.357 e. The summed E-state index contributed by atoms with van der Waals surface area (Å²) in [6.07, 6.45) is 3.30. The van der Waals surface area contributed by atoms with Crippen molar-refractivity contribution in [3.63, 3.8) is 0 Å². The number of carbonyl (C=O) groups is 1. The largest absolute Gasteiger partial charge is 0.357 e. The van der Waals surface area contributed by atoms with E-state index in [1.165, 1.54) is 0 Å². The number of rotatable bonds is 2. The second-order valence-electron chi connectivity index (χ2n) is 6.59. The monoisotopic (exact) mass is 328 g/mol. The maximum Gasteiger partial charge on any atom is 0.223 e. The lowest BCUT2D eigenvalue weighted by Crippen LogP contribution is -2.38. The molecule has 6 nitrogen and oxygen atoms in total. The Morgan fingerprint density at radius 2 is 2.08 bits per heavy atom. The van der Waals surface area contributed by atoms with Crippen LogP contribution in [0.2, 0.25) is 0 Å². The van der Waals surface area contributed by atoms with Crippen LogP contribution in [0.5, 0.6) is 0 Å². The summed E-state index contributed by atoms with van der Waals surface area (Å²) in [5.41, 5.74) is 2.05. The average Bonchev–Trinajstić information content (AvgIpc) is 3.01. The zero-order valence-electron chi connectivity index (χ0n) is 14.2. The smallest absolute Gasteiger partial charge is 0.223 e. The Balaban J connectivity index is 1.86. The number of amides is 1. The van der Waals surface area contributed by atoms with Crippen molar-refractivity contribution in [2.75, 3.05) is 6.61 Å². The van der Waals surface area contributed by atoms with Gasteiger partial charge in [0.05, 0.1) is 24.5 Å². The summed E-state index contributed by atoms with van der Waals surface area (Å²) in [4.78, 5) is 12.8. The molecule has 6 heteroatoms. The SMILES string of the molecule is CC(C)[C@H]1CCc2cnnn2COC[C@H](c2ccccc2)NC1=O. The summed E-state index contributed by atoms with van der Waals surface area (Å²) < 4.78 is 7.58. The van der Waals surface area contributed by atoms with E-state index in [0.29, 0.717) is 13.3 Å². The quantitative estimate of drug-likeness (QED) is 0.918. The summed E-state index contributed by atoms with van der Waals surface area (Å²) in [5.74, 6) is 0.313. The van der Waals surface area contributed by atoms with E-state index in [4.69, 9.17) is 4.74 Å². The van der Waals surface area contributed by atoms with Gasteiger partial charge in [0.2, 0.25) is 5.91 Å². The second kappa shape index (κ2) is 7.57. The first-order chi connectivity index (χ1) is 11.6. The lowest BCUT2D eigenvalue weighted by molar-refractivity contribution is -0.127. The highest BCUT2D eigenvalue weighted by Gasteiger charge is 2.26. The number of carbonyl (C=O) groups excluding carboxylic acids is 1. The van der Waals surface area contributed by atoms with Crippen LogP contribution in [0.15, 0.2) is 36.5 Å². The van der Waals surface area contributed by atoms with Gasteiger partial charge in [-0.2, -0.15) is 0 Å². The predicted molar refractivity (Wildman–Crippen MR) is 89.9 cm³/mol. The van der Waals surface area contributed by atoms with Crippen LogP contribution in [-0.4, -0.2) is 27.5 Å². The molecule has 0 saturated carbocycles. The highest BCUT2D eigenvalue weighted by molar-refractivity contribution is 5.79. The van der Waals surface area contributed by atoms with Gasteiger partial charge in [-0.1, -0.05) is 49.4 Å². The Bertz CT molecular complexity index is 669. The van der Waals surface area contributed by atoms with Gasteiger partial charge in [-0.25, -0.2) is 4.68 Å². The minimum atomic E-state index is -0.162. The number of aromatic nitrogens is 3. The maximum atomic E-state index is 12.8. The highest BCUT2D eigenvalue weighted by atomic mass is 16.5. The summed E-state index contributed by atoms with van der Waals surface area (Å²) in [6, 6.07) is 9.78. The van der Waals surface area contributed by atoms with Crippen LogP contribution >= 0.6 is 0 Å². The zero-order chi connectivity index (χ0) is 16.9. The average molecular weight is 328 g/mol. The zero-order valence-corrected chi connectivity index (χ0v) is 14.2. The molecule has 2 aromatic rings. The molecule has 3 rings (SSSR count). The molecule has 2 heterocycles. The van der Waals surface area contributed by atoms with Crippen LogP contribution in [0.25, 0.3) is 0 Å². The van der Waals surface area contributed by atoms with Crippen molar-refractivity contribution in [1.29, 1.82) is 0 Å². The number of ether oxygens (including phenoxy) is 1. The summed E-state index contributed by atoms with van der Waals surface area (Å²) in [7, 11) is 0. The van der Waals surface area contributed by atoms with Crippen LogP contribution in [0.3, 0.4) is 0 Å². The van der Waals surface area contributed by atoms with E-state index in [0.717, 1.165) is 24.1 Å². The first kappa shape index (κ1) is 16.6. The van der Waals surface area contributed by atoms with Crippen LogP contribution in [0, 0.1) is 11.8 Å². The molecule has 1 aliphatic rings. The van der Waals surface area contributed by atoms with Gasteiger partial charge >= 0.3 is 0 Å². The molecule has 1 amide bonds. The molecule has 1 N–H and O–H groups in total. The molecular weight excluding hydrogens is 304 g/mol. The summed E-state index contributed by atoms with van der Waals surface area (Å²) >= 11 is 0. The Morgan fingerprint density at radius 1 is 1.29 bits per heavy atom. The molecule has 0 fully saturated rings. The van der Waals surface area contributed by atoms with Crippen molar-refractivity contribution in [3.05, 3.63) is 47.8 Å². The molecule has 24 heavy (non-hydrogen) atoms. The van der Waals surface area contributed by atoms with Crippen LogP contribution in [-0.2, 0) is 22.7 Å². The number of fused-ring (bicyclic) bond motifs is 1. The topological polar surface area (TPSA) is 69.0 Å². The fourth-order valence-electron chi connectivity index (χ4n) is 3.09.